The molecule has 0 aliphatic carbocycles. The smallest absolute Gasteiger partial charge is 0.156 e. The summed E-state index contributed by atoms with van der Waals surface area (Å²) in [6.07, 6.45) is 0.801. The van der Waals surface area contributed by atoms with Crippen LogP contribution in [0.3, 0.4) is 0 Å². The van der Waals surface area contributed by atoms with E-state index in [1.807, 2.05) is 54.6 Å². The molecule has 0 unspecified atom stereocenters. The minimum atomic E-state index is 0. The predicted octanol–water partition coefficient (Wildman–Crippen LogP) is 7.63. The number of hydrogen-bond donors (Lipinski definition) is 1. The van der Waals surface area contributed by atoms with Crippen LogP contribution in [0.2, 0.25) is 20.1 Å². The van der Waals surface area contributed by atoms with E-state index in [-0.39, 0.29) is 12.4 Å². The quantitative estimate of drug-likeness (QED) is 0.327. The van der Waals surface area contributed by atoms with E-state index >= 15 is 0 Å². The van der Waals surface area contributed by atoms with Crippen molar-refractivity contribution in [1.29, 1.82) is 0 Å². The summed E-state index contributed by atoms with van der Waals surface area (Å²) in [5.41, 5.74) is 3.10. The van der Waals surface area contributed by atoms with Crippen molar-refractivity contribution in [2.24, 2.45) is 0 Å². The van der Waals surface area contributed by atoms with Crippen LogP contribution in [-0.4, -0.2) is 6.54 Å². The molecule has 0 amide bonds. The van der Waals surface area contributed by atoms with Crippen molar-refractivity contribution in [2.75, 3.05) is 6.54 Å². The molecular formula is C22H20Cl5NO. The number of halogens is 5. The van der Waals surface area contributed by atoms with E-state index in [0.717, 1.165) is 29.7 Å². The van der Waals surface area contributed by atoms with Crippen LogP contribution in [0.5, 0.6) is 5.75 Å². The van der Waals surface area contributed by atoms with Gasteiger partial charge in [0.25, 0.3) is 0 Å². The zero-order chi connectivity index (χ0) is 19.9. The van der Waals surface area contributed by atoms with Crippen molar-refractivity contribution in [3.05, 3.63) is 97.4 Å². The molecule has 7 heteroatoms. The number of ether oxygens (including phenoxy) is 1. The molecule has 0 saturated carbocycles. The first-order valence-corrected chi connectivity index (χ1v) is 10.3. The van der Waals surface area contributed by atoms with E-state index in [1.165, 1.54) is 0 Å². The molecule has 3 rings (SSSR count). The third-order valence-electron chi connectivity index (χ3n) is 4.20. The van der Waals surface area contributed by atoms with Gasteiger partial charge in [0.2, 0.25) is 0 Å². The molecule has 154 valence electrons. The Morgan fingerprint density at radius 1 is 0.759 bits per heavy atom. The van der Waals surface area contributed by atoms with E-state index in [0.29, 0.717) is 39.0 Å². The van der Waals surface area contributed by atoms with E-state index in [9.17, 15) is 0 Å². The summed E-state index contributed by atoms with van der Waals surface area (Å²) in [6.45, 7) is 1.83. The predicted molar refractivity (Wildman–Crippen MR) is 126 cm³/mol. The molecule has 0 aromatic heterocycles. The molecule has 0 heterocycles. The Morgan fingerprint density at radius 2 is 1.45 bits per heavy atom. The number of benzene rings is 3. The fourth-order valence-corrected chi connectivity index (χ4v) is 3.91. The molecule has 0 radical (unpaired) electrons. The highest BCUT2D eigenvalue weighted by Gasteiger charge is 2.10. The van der Waals surface area contributed by atoms with Crippen LogP contribution in [0, 0.1) is 0 Å². The molecule has 2 nitrogen and oxygen atoms in total. The average Bonchev–Trinajstić information content (AvgIpc) is 2.67. The Bertz CT molecular complexity index is 911. The van der Waals surface area contributed by atoms with Gasteiger partial charge in [-0.25, -0.2) is 0 Å². The van der Waals surface area contributed by atoms with Gasteiger partial charge in [-0.15, -0.1) is 12.4 Å². The van der Waals surface area contributed by atoms with Gasteiger partial charge in [0.05, 0.1) is 10.0 Å². The second-order valence-corrected chi connectivity index (χ2v) is 7.98. The van der Waals surface area contributed by atoms with Gasteiger partial charge in [0.1, 0.15) is 6.61 Å². The standard InChI is InChI=1S/C22H19Cl4NO.ClH/c23-18-7-6-17(19(24)12-18)8-9-27-13-16-10-20(25)22(21(26)11-16)28-14-15-4-2-1-3-5-15;/h1-7,10-12,27H,8-9,13-14H2;1H. The van der Waals surface area contributed by atoms with Crippen molar-refractivity contribution in [3.63, 3.8) is 0 Å². The largest absolute Gasteiger partial charge is 0.486 e. The lowest BCUT2D eigenvalue weighted by Gasteiger charge is -2.13. The minimum absolute atomic E-state index is 0. The molecule has 0 fully saturated rings. The summed E-state index contributed by atoms with van der Waals surface area (Å²) in [6, 6.07) is 19.2. The number of nitrogens with one attached hydrogen (secondary N) is 1. The summed E-state index contributed by atoms with van der Waals surface area (Å²) in [7, 11) is 0. The van der Waals surface area contributed by atoms with E-state index < -0.39 is 0 Å². The van der Waals surface area contributed by atoms with Crippen LogP contribution in [-0.2, 0) is 19.6 Å². The van der Waals surface area contributed by atoms with Gasteiger partial charge in [0.15, 0.2) is 5.75 Å². The van der Waals surface area contributed by atoms with Crippen molar-refractivity contribution < 1.29 is 4.74 Å². The highest BCUT2D eigenvalue weighted by Crippen LogP contribution is 2.34. The summed E-state index contributed by atoms with van der Waals surface area (Å²) in [5, 5.41) is 5.70. The first-order valence-electron chi connectivity index (χ1n) is 8.82. The maximum Gasteiger partial charge on any atom is 0.156 e. The van der Waals surface area contributed by atoms with Crippen molar-refractivity contribution >= 4 is 58.8 Å². The molecule has 0 aliphatic rings. The first-order chi connectivity index (χ1) is 13.5. The van der Waals surface area contributed by atoms with Gasteiger partial charge in [-0.1, -0.05) is 82.8 Å². The van der Waals surface area contributed by atoms with Crippen LogP contribution in [0.1, 0.15) is 16.7 Å². The van der Waals surface area contributed by atoms with Gasteiger partial charge in [-0.05, 0) is 53.9 Å². The molecule has 0 atom stereocenters. The third kappa shape index (κ3) is 7.25. The normalized spacial score (nSPS) is 10.5. The highest BCUT2D eigenvalue weighted by atomic mass is 35.5. The molecule has 3 aromatic rings. The molecule has 0 aliphatic heterocycles. The van der Waals surface area contributed by atoms with Crippen molar-refractivity contribution in [2.45, 2.75) is 19.6 Å². The Balaban J connectivity index is 0.00000300. The molecule has 0 spiro atoms. The summed E-state index contributed by atoms with van der Waals surface area (Å²) in [4.78, 5) is 0. The van der Waals surface area contributed by atoms with Gasteiger partial charge in [-0.3, -0.25) is 0 Å². The molecule has 1 N–H and O–H groups in total. The van der Waals surface area contributed by atoms with Crippen LogP contribution < -0.4 is 10.1 Å². The summed E-state index contributed by atoms with van der Waals surface area (Å²) < 4.78 is 5.81. The maximum atomic E-state index is 6.38. The first kappa shape index (κ1) is 24.1. The Labute approximate surface area is 197 Å². The lowest BCUT2D eigenvalue weighted by atomic mass is 10.1. The number of hydrogen-bond acceptors (Lipinski definition) is 2. The summed E-state index contributed by atoms with van der Waals surface area (Å²) in [5.74, 6) is 0.504. The average molecular weight is 492 g/mol. The van der Waals surface area contributed by atoms with Crippen LogP contribution >= 0.6 is 58.8 Å². The Hall–Kier alpha value is -1.13. The van der Waals surface area contributed by atoms with Crippen molar-refractivity contribution in [1.82, 2.24) is 5.32 Å². The second kappa shape index (κ2) is 11.9. The molecule has 29 heavy (non-hydrogen) atoms. The lowest BCUT2D eigenvalue weighted by molar-refractivity contribution is 0.306. The van der Waals surface area contributed by atoms with Crippen LogP contribution in [0.15, 0.2) is 60.7 Å². The van der Waals surface area contributed by atoms with Crippen LogP contribution in [0.4, 0.5) is 0 Å². The highest BCUT2D eigenvalue weighted by molar-refractivity contribution is 6.37. The zero-order valence-corrected chi connectivity index (χ0v) is 19.3. The lowest BCUT2D eigenvalue weighted by Crippen LogP contribution is -2.17. The third-order valence-corrected chi connectivity index (χ3v) is 5.35. The SMILES string of the molecule is Cl.Clc1ccc(CCNCc2cc(Cl)c(OCc3ccccc3)c(Cl)c2)c(Cl)c1. The van der Waals surface area contributed by atoms with Gasteiger partial charge >= 0.3 is 0 Å². The number of rotatable bonds is 8. The topological polar surface area (TPSA) is 21.3 Å². The maximum absolute atomic E-state index is 6.38. The monoisotopic (exact) mass is 489 g/mol. The van der Waals surface area contributed by atoms with Crippen LogP contribution in [0.25, 0.3) is 0 Å². The van der Waals surface area contributed by atoms with Gasteiger partial charge in [0, 0.05) is 16.6 Å². The van der Waals surface area contributed by atoms with E-state index in [4.69, 9.17) is 51.1 Å². The molecule has 0 bridgehead atoms. The van der Waals surface area contributed by atoms with E-state index in [1.54, 1.807) is 6.07 Å². The van der Waals surface area contributed by atoms with Gasteiger partial charge < -0.3 is 10.1 Å². The van der Waals surface area contributed by atoms with Gasteiger partial charge in [-0.2, -0.15) is 0 Å². The zero-order valence-electron chi connectivity index (χ0n) is 15.4. The molecular weight excluding hydrogens is 472 g/mol. The second-order valence-electron chi connectivity index (χ2n) is 6.33. The minimum Gasteiger partial charge on any atom is -0.486 e. The molecule has 3 aromatic carbocycles. The summed E-state index contributed by atoms with van der Waals surface area (Å²) >= 11 is 24.9. The fraction of sp³-hybridized carbons (Fsp3) is 0.182. The van der Waals surface area contributed by atoms with Crippen molar-refractivity contribution in [3.8, 4) is 5.75 Å². The van der Waals surface area contributed by atoms with E-state index in [2.05, 4.69) is 5.32 Å². The Morgan fingerprint density at radius 3 is 2.10 bits per heavy atom. The fourth-order valence-electron chi connectivity index (χ4n) is 2.76. The molecule has 0 saturated heterocycles. The Kier molecular flexibility index (Phi) is 9.91.